The van der Waals surface area contributed by atoms with Crippen LogP contribution in [0.2, 0.25) is 0 Å². The van der Waals surface area contributed by atoms with Gasteiger partial charge >= 0.3 is 0 Å². The van der Waals surface area contributed by atoms with E-state index in [9.17, 15) is 0 Å². The molecule has 0 heterocycles. The highest BCUT2D eigenvalue weighted by Crippen LogP contribution is 2.30. The zero-order chi connectivity index (χ0) is 22.6. The monoisotopic (exact) mass is 425 g/mol. The summed E-state index contributed by atoms with van der Waals surface area (Å²) in [6.07, 6.45) is 7.57. The molecule has 0 aliphatic heterocycles. The van der Waals surface area contributed by atoms with E-state index in [4.69, 9.17) is 19.0 Å². The van der Waals surface area contributed by atoms with E-state index in [1.165, 1.54) is 7.11 Å². The Morgan fingerprint density at radius 1 is 0.935 bits per heavy atom. The average Bonchev–Trinajstić information content (AvgIpc) is 2.74. The summed E-state index contributed by atoms with van der Waals surface area (Å²) in [6.45, 7) is 10.9. The average molecular weight is 426 g/mol. The molecule has 2 rings (SSSR count). The first-order valence-electron chi connectivity index (χ1n) is 10.8. The Bertz CT molecular complexity index is 852. The molecule has 0 bridgehead atoms. The van der Waals surface area contributed by atoms with E-state index in [0.29, 0.717) is 6.61 Å². The summed E-state index contributed by atoms with van der Waals surface area (Å²) in [5.41, 5.74) is 3.11. The third-order valence-electron chi connectivity index (χ3n) is 4.82. The Kier molecular flexibility index (Phi) is 9.95. The third-order valence-corrected chi connectivity index (χ3v) is 4.82. The van der Waals surface area contributed by atoms with Gasteiger partial charge in [0.05, 0.1) is 18.4 Å². The van der Waals surface area contributed by atoms with Gasteiger partial charge in [-0.25, -0.2) is 0 Å². The first-order valence-corrected chi connectivity index (χ1v) is 10.8. The van der Waals surface area contributed by atoms with Gasteiger partial charge in [-0.15, -0.1) is 0 Å². The molecule has 0 saturated heterocycles. The Labute approximate surface area is 186 Å². The van der Waals surface area contributed by atoms with Crippen LogP contribution in [0.4, 0.5) is 0 Å². The highest BCUT2D eigenvalue weighted by Gasteiger charge is 2.13. The molecule has 0 spiro atoms. The number of hydrogen-bond donors (Lipinski definition) is 0. The van der Waals surface area contributed by atoms with Crippen molar-refractivity contribution in [3.8, 4) is 17.2 Å². The van der Waals surface area contributed by atoms with Crippen molar-refractivity contribution in [2.24, 2.45) is 5.16 Å². The maximum atomic E-state index is 6.26. The highest BCUT2D eigenvalue weighted by atomic mass is 16.6. The molecule has 0 aliphatic rings. The molecule has 0 saturated carbocycles. The van der Waals surface area contributed by atoms with Gasteiger partial charge in [0.2, 0.25) is 0 Å². The summed E-state index contributed by atoms with van der Waals surface area (Å²) in [4.78, 5) is 4.73. The molecule has 0 radical (unpaired) electrons. The van der Waals surface area contributed by atoms with E-state index in [2.05, 4.69) is 32.9 Å². The van der Waals surface area contributed by atoms with Crippen LogP contribution in [-0.4, -0.2) is 32.1 Å². The number of hydrogen-bond acceptors (Lipinski definition) is 5. The van der Waals surface area contributed by atoms with E-state index in [0.717, 1.165) is 46.8 Å². The lowest BCUT2D eigenvalue weighted by Crippen LogP contribution is -2.19. The summed E-state index contributed by atoms with van der Waals surface area (Å²) in [7, 11) is 1.53. The van der Waals surface area contributed by atoms with Gasteiger partial charge in [0, 0.05) is 0 Å². The van der Waals surface area contributed by atoms with Crippen molar-refractivity contribution in [1.29, 1.82) is 0 Å². The second kappa shape index (κ2) is 12.7. The fraction of sp³-hybridized carbons (Fsp3) is 0.423. The molecule has 5 heteroatoms. The van der Waals surface area contributed by atoms with E-state index in [1.54, 1.807) is 6.21 Å². The molecule has 0 aliphatic carbocycles. The second-order valence-electron chi connectivity index (χ2n) is 7.69. The number of nitrogens with zero attached hydrogens (tertiary/aromatic N) is 1. The largest absolute Gasteiger partial charge is 0.491 e. The highest BCUT2D eigenvalue weighted by molar-refractivity contribution is 5.79. The zero-order valence-electron chi connectivity index (χ0n) is 19.6. The summed E-state index contributed by atoms with van der Waals surface area (Å²) in [5, 5.41) is 3.79. The molecule has 168 valence electrons. The van der Waals surface area contributed by atoms with Crippen LogP contribution in [0.5, 0.6) is 17.2 Å². The van der Waals surface area contributed by atoms with Crippen molar-refractivity contribution in [3.05, 3.63) is 65.2 Å². The maximum Gasteiger partial charge on any atom is 0.125 e. The van der Waals surface area contributed by atoms with E-state index >= 15 is 0 Å². The summed E-state index contributed by atoms with van der Waals surface area (Å²) in [6, 6.07) is 11.9. The zero-order valence-corrected chi connectivity index (χ0v) is 19.6. The van der Waals surface area contributed by atoms with Crippen LogP contribution >= 0.6 is 0 Å². The van der Waals surface area contributed by atoms with Gasteiger partial charge in [-0.3, -0.25) is 0 Å². The minimum absolute atomic E-state index is 0.0743. The van der Waals surface area contributed by atoms with Gasteiger partial charge < -0.3 is 19.0 Å². The van der Waals surface area contributed by atoms with Gasteiger partial charge in [0.1, 0.15) is 31.0 Å². The van der Waals surface area contributed by atoms with Crippen LogP contribution in [0, 0.1) is 13.8 Å². The van der Waals surface area contributed by atoms with Gasteiger partial charge in [-0.1, -0.05) is 29.4 Å². The quantitative estimate of drug-likeness (QED) is 0.229. The molecule has 2 atom stereocenters. The van der Waals surface area contributed by atoms with Crippen molar-refractivity contribution in [2.75, 3.05) is 13.7 Å². The number of rotatable bonds is 12. The van der Waals surface area contributed by atoms with Crippen molar-refractivity contribution in [3.63, 3.8) is 0 Å². The van der Waals surface area contributed by atoms with E-state index < -0.39 is 0 Å². The number of benzene rings is 2. The first kappa shape index (κ1) is 24.3. The van der Waals surface area contributed by atoms with Gasteiger partial charge in [-0.2, -0.15) is 0 Å². The topological polar surface area (TPSA) is 49.3 Å². The Morgan fingerprint density at radius 3 is 2.26 bits per heavy atom. The molecule has 2 aromatic rings. The molecule has 2 unspecified atom stereocenters. The lowest BCUT2D eigenvalue weighted by Gasteiger charge is -2.21. The summed E-state index contributed by atoms with van der Waals surface area (Å²) < 4.78 is 18.1. The predicted octanol–water partition coefficient (Wildman–Crippen LogP) is 6.25. The van der Waals surface area contributed by atoms with Crippen molar-refractivity contribution < 1.29 is 19.0 Å². The number of allylic oxidation sites excluding steroid dienone is 1. The Hall–Kier alpha value is -2.95. The van der Waals surface area contributed by atoms with Crippen LogP contribution in [0.15, 0.2) is 53.7 Å². The molecular formula is C26H35NO4. The Balaban J connectivity index is 1.87. The molecule has 0 amide bonds. The minimum Gasteiger partial charge on any atom is -0.491 e. The van der Waals surface area contributed by atoms with E-state index in [1.807, 2.05) is 55.5 Å². The van der Waals surface area contributed by atoms with Crippen LogP contribution in [0.25, 0.3) is 0 Å². The van der Waals surface area contributed by atoms with Gasteiger partial charge in [0.15, 0.2) is 0 Å². The third kappa shape index (κ3) is 8.36. The normalized spacial score (nSPS) is 13.4. The van der Waals surface area contributed by atoms with Crippen molar-refractivity contribution in [2.45, 2.75) is 59.7 Å². The van der Waals surface area contributed by atoms with E-state index in [-0.39, 0.29) is 12.2 Å². The molecule has 5 nitrogen and oxygen atoms in total. The Morgan fingerprint density at radius 2 is 1.61 bits per heavy atom. The SMILES string of the molecule is C/C=C/COc1cc(C)c(OC(C)CCC(C)Oc2cccc(/C=N/OC)c2)c(C)c1. The number of ether oxygens (including phenoxy) is 3. The van der Waals surface area contributed by atoms with Gasteiger partial charge in [-0.05, 0) is 88.4 Å². The predicted molar refractivity (Wildman–Crippen MR) is 127 cm³/mol. The molecule has 0 fully saturated rings. The standard InChI is InChI=1S/C26H35NO4/c1-7-8-14-29-25-15-19(2)26(20(3)16-25)31-22(5)13-12-21(4)30-24-11-9-10-23(17-24)18-27-28-6/h7-11,15-18,21-22H,12-14H2,1-6H3/b8-7+,27-18+. The molecule has 0 N–H and O–H groups in total. The molecular weight excluding hydrogens is 390 g/mol. The smallest absolute Gasteiger partial charge is 0.125 e. The summed E-state index contributed by atoms with van der Waals surface area (Å²) in [5.74, 6) is 2.62. The lowest BCUT2D eigenvalue weighted by atomic mass is 10.1. The maximum absolute atomic E-state index is 6.26. The van der Waals surface area contributed by atoms with Gasteiger partial charge in [0.25, 0.3) is 0 Å². The van der Waals surface area contributed by atoms with Crippen molar-refractivity contribution >= 4 is 6.21 Å². The fourth-order valence-electron chi connectivity index (χ4n) is 3.22. The summed E-state index contributed by atoms with van der Waals surface area (Å²) >= 11 is 0. The van der Waals surface area contributed by atoms with Crippen LogP contribution in [0.3, 0.4) is 0 Å². The van der Waals surface area contributed by atoms with Crippen LogP contribution < -0.4 is 14.2 Å². The fourth-order valence-corrected chi connectivity index (χ4v) is 3.22. The van der Waals surface area contributed by atoms with Crippen LogP contribution in [-0.2, 0) is 4.84 Å². The number of aryl methyl sites for hydroxylation is 2. The second-order valence-corrected chi connectivity index (χ2v) is 7.69. The van der Waals surface area contributed by atoms with Crippen LogP contribution in [0.1, 0.15) is 50.3 Å². The first-order chi connectivity index (χ1) is 14.9. The molecule has 31 heavy (non-hydrogen) atoms. The molecule has 2 aromatic carbocycles. The number of oxime groups is 1. The minimum atomic E-state index is 0.0743. The molecule has 0 aromatic heterocycles. The van der Waals surface area contributed by atoms with Crippen molar-refractivity contribution in [1.82, 2.24) is 0 Å². The lowest BCUT2D eigenvalue weighted by molar-refractivity contribution is 0.159.